The number of fused-ring (bicyclic) bond motifs is 1. The summed E-state index contributed by atoms with van der Waals surface area (Å²) in [5, 5.41) is 7.21. The average Bonchev–Trinajstić information content (AvgIpc) is 3.06. The van der Waals surface area contributed by atoms with Crippen molar-refractivity contribution in [3.05, 3.63) is 53.9 Å². The molecule has 0 saturated carbocycles. The Morgan fingerprint density at radius 2 is 2.29 bits per heavy atom. The minimum atomic E-state index is -0.265. The summed E-state index contributed by atoms with van der Waals surface area (Å²) in [5.74, 6) is 0.463. The van der Waals surface area contributed by atoms with E-state index in [1.165, 1.54) is 17.5 Å². The molecule has 2 aromatic rings. The Bertz CT molecular complexity index is 606. The third-order valence-electron chi connectivity index (χ3n) is 4.32. The van der Waals surface area contributed by atoms with Crippen LogP contribution in [0.25, 0.3) is 0 Å². The maximum absolute atomic E-state index is 12.2. The SMILES string of the molecule is CC(C(=O)NCC1CCCc2ccccc21)n1cccn1. The quantitative estimate of drug-likeness (QED) is 0.937. The van der Waals surface area contributed by atoms with Crippen molar-refractivity contribution in [2.24, 2.45) is 0 Å². The Hall–Kier alpha value is -2.10. The highest BCUT2D eigenvalue weighted by molar-refractivity contribution is 5.79. The summed E-state index contributed by atoms with van der Waals surface area (Å²) in [6.07, 6.45) is 7.02. The molecule has 2 unspecified atom stereocenters. The first-order valence-electron chi connectivity index (χ1n) is 7.60. The molecule has 21 heavy (non-hydrogen) atoms. The molecule has 1 N–H and O–H groups in total. The number of rotatable bonds is 4. The number of carbonyl (C=O) groups excluding carboxylic acids is 1. The van der Waals surface area contributed by atoms with E-state index >= 15 is 0 Å². The average molecular weight is 283 g/mol. The highest BCUT2D eigenvalue weighted by Gasteiger charge is 2.21. The van der Waals surface area contributed by atoms with Gasteiger partial charge in [0.25, 0.3) is 0 Å². The van der Waals surface area contributed by atoms with Crippen molar-refractivity contribution in [3.8, 4) is 0 Å². The maximum atomic E-state index is 12.2. The van der Waals surface area contributed by atoms with Gasteiger partial charge in [0.2, 0.25) is 5.91 Å². The monoisotopic (exact) mass is 283 g/mol. The highest BCUT2D eigenvalue weighted by Crippen LogP contribution is 2.30. The highest BCUT2D eigenvalue weighted by atomic mass is 16.2. The third-order valence-corrected chi connectivity index (χ3v) is 4.32. The molecule has 3 rings (SSSR count). The number of hydrogen-bond acceptors (Lipinski definition) is 2. The zero-order valence-corrected chi connectivity index (χ0v) is 12.3. The Kier molecular flexibility index (Phi) is 4.04. The summed E-state index contributed by atoms with van der Waals surface area (Å²) < 4.78 is 1.68. The van der Waals surface area contributed by atoms with Gasteiger partial charge >= 0.3 is 0 Å². The number of aryl methyl sites for hydroxylation is 1. The first-order chi connectivity index (χ1) is 10.3. The molecule has 0 spiro atoms. The van der Waals surface area contributed by atoms with Gasteiger partial charge in [0, 0.05) is 24.9 Å². The van der Waals surface area contributed by atoms with E-state index in [0.29, 0.717) is 12.5 Å². The van der Waals surface area contributed by atoms with Gasteiger partial charge < -0.3 is 5.32 Å². The third kappa shape index (κ3) is 2.99. The number of nitrogens with zero attached hydrogens (tertiary/aromatic N) is 2. The molecule has 4 heteroatoms. The second-order valence-corrected chi connectivity index (χ2v) is 5.70. The van der Waals surface area contributed by atoms with Gasteiger partial charge in [0.05, 0.1) is 0 Å². The van der Waals surface area contributed by atoms with Crippen LogP contribution in [0.15, 0.2) is 42.7 Å². The minimum Gasteiger partial charge on any atom is -0.354 e. The summed E-state index contributed by atoms with van der Waals surface area (Å²) in [5.41, 5.74) is 2.83. The maximum Gasteiger partial charge on any atom is 0.244 e. The predicted molar refractivity (Wildman–Crippen MR) is 82.1 cm³/mol. The topological polar surface area (TPSA) is 46.9 Å². The second kappa shape index (κ2) is 6.12. The molecular weight excluding hydrogens is 262 g/mol. The second-order valence-electron chi connectivity index (χ2n) is 5.70. The molecule has 1 amide bonds. The molecule has 1 aromatic carbocycles. The van der Waals surface area contributed by atoms with Crippen LogP contribution in [-0.2, 0) is 11.2 Å². The summed E-state index contributed by atoms with van der Waals surface area (Å²) in [6.45, 7) is 2.58. The number of hydrogen-bond donors (Lipinski definition) is 1. The van der Waals surface area contributed by atoms with E-state index in [9.17, 15) is 4.79 Å². The van der Waals surface area contributed by atoms with Crippen LogP contribution in [0, 0.1) is 0 Å². The van der Waals surface area contributed by atoms with Crippen LogP contribution < -0.4 is 5.32 Å². The van der Waals surface area contributed by atoms with Crippen molar-refractivity contribution in [1.82, 2.24) is 15.1 Å². The van der Waals surface area contributed by atoms with Gasteiger partial charge in [-0.1, -0.05) is 24.3 Å². The molecule has 2 atom stereocenters. The van der Waals surface area contributed by atoms with Gasteiger partial charge in [-0.15, -0.1) is 0 Å². The van der Waals surface area contributed by atoms with Gasteiger partial charge in [-0.05, 0) is 43.4 Å². The van der Waals surface area contributed by atoms with Crippen molar-refractivity contribution >= 4 is 5.91 Å². The van der Waals surface area contributed by atoms with Crippen LogP contribution in [0.2, 0.25) is 0 Å². The first-order valence-corrected chi connectivity index (χ1v) is 7.60. The lowest BCUT2D eigenvalue weighted by Crippen LogP contribution is -2.35. The van der Waals surface area contributed by atoms with E-state index in [1.807, 2.05) is 19.2 Å². The predicted octanol–water partition coefficient (Wildman–Crippen LogP) is 2.68. The van der Waals surface area contributed by atoms with Crippen molar-refractivity contribution in [1.29, 1.82) is 0 Å². The molecule has 4 nitrogen and oxygen atoms in total. The molecule has 0 aliphatic heterocycles. The standard InChI is InChI=1S/C17H21N3O/c1-13(20-11-5-10-19-20)17(21)18-12-15-8-4-7-14-6-2-3-9-16(14)15/h2-3,5-6,9-11,13,15H,4,7-8,12H2,1H3,(H,18,21). The van der Waals surface area contributed by atoms with Crippen LogP contribution in [0.5, 0.6) is 0 Å². The fourth-order valence-corrected chi connectivity index (χ4v) is 3.07. The fourth-order valence-electron chi connectivity index (χ4n) is 3.07. The van der Waals surface area contributed by atoms with Gasteiger partial charge in [-0.25, -0.2) is 0 Å². The van der Waals surface area contributed by atoms with Crippen molar-refractivity contribution in [3.63, 3.8) is 0 Å². The molecule has 110 valence electrons. The largest absolute Gasteiger partial charge is 0.354 e. The molecule has 1 heterocycles. The number of nitrogens with one attached hydrogen (secondary N) is 1. The van der Waals surface area contributed by atoms with Crippen molar-refractivity contribution in [2.45, 2.75) is 38.1 Å². The van der Waals surface area contributed by atoms with Gasteiger partial charge in [-0.3, -0.25) is 9.48 Å². The normalized spacial score (nSPS) is 18.8. The molecule has 0 saturated heterocycles. The van der Waals surface area contributed by atoms with E-state index < -0.39 is 0 Å². The Morgan fingerprint density at radius 1 is 1.43 bits per heavy atom. The van der Waals surface area contributed by atoms with Crippen LogP contribution in [0.4, 0.5) is 0 Å². The zero-order valence-electron chi connectivity index (χ0n) is 12.3. The number of benzene rings is 1. The number of aromatic nitrogens is 2. The Labute approximate surface area is 125 Å². The van der Waals surface area contributed by atoms with E-state index in [0.717, 1.165) is 12.8 Å². The van der Waals surface area contributed by atoms with Crippen LogP contribution in [0.1, 0.15) is 42.9 Å². The van der Waals surface area contributed by atoms with Crippen LogP contribution in [-0.4, -0.2) is 22.2 Å². The van der Waals surface area contributed by atoms with Gasteiger partial charge in [0.15, 0.2) is 0 Å². The Morgan fingerprint density at radius 3 is 3.10 bits per heavy atom. The lowest BCUT2D eigenvalue weighted by molar-refractivity contribution is -0.124. The van der Waals surface area contributed by atoms with Crippen LogP contribution >= 0.6 is 0 Å². The van der Waals surface area contributed by atoms with E-state index in [2.05, 4.69) is 34.7 Å². The number of amides is 1. The number of carbonyl (C=O) groups is 1. The molecule has 1 aromatic heterocycles. The molecule has 0 radical (unpaired) electrons. The molecule has 0 bridgehead atoms. The van der Waals surface area contributed by atoms with E-state index in [4.69, 9.17) is 0 Å². The molecule has 0 fully saturated rings. The molecule has 1 aliphatic carbocycles. The van der Waals surface area contributed by atoms with Gasteiger partial charge in [0.1, 0.15) is 6.04 Å². The van der Waals surface area contributed by atoms with E-state index in [-0.39, 0.29) is 11.9 Å². The van der Waals surface area contributed by atoms with Crippen molar-refractivity contribution in [2.75, 3.05) is 6.54 Å². The molecule has 1 aliphatic rings. The minimum absolute atomic E-state index is 0.0294. The summed E-state index contributed by atoms with van der Waals surface area (Å²) in [6, 6.07) is 10.2. The van der Waals surface area contributed by atoms with E-state index in [1.54, 1.807) is 10.9 Å². The lowest BCUT2D eigenvalue weighted by Gasteiger charge is -2.26. The van der Waals surface area contributed by atoms with Crippen LogP contribution in [0.3, 0.4) is 0 Å². The summed E-state index contributed by atoms with van der Waals surface area (Å²) in [4.78, 5) is 12.2. The lowest BCUT2D eigenvalue weighted by atomic mass is 9.83. The zero-order chi connectivity index (χ0) is 14.7. The van der Waals surface area contributed by atoms with Gasteiger partial charge in [-0.2, -0.15) is 5.10 Å². The first kappa shape index (κ1) is 13.9. The summed E-state index contributed by atoms with van der Waals surface area (Å²) in [7, 11) is 0. The summed E-state index contributed by atoms with van der Waals surface area (Å²) >= 11 is 0. The molecular formula is C17H21N3O. The Balaban J connectivity index is 1.62. The smallest absolute Gasteiger partial charge is 0.244 e. The van der Waals surface area contributed by atoms with Crippen molar-refractivity contribution < 1.29 is 4.79 Å². The fraction of sp³-hybridized carbons (Fsp3) is 0.412.